The molecule has 0 saturated heterocycles. The van der Waals surface area contributed by atoms with Crippen molar-refractivity contribution in [3.05, 3.63) is 91.0 Å². The van der Waals surface area contributed by atoms with Crippen LogP contribution >= 0.6 is 0 Å². The maximum absolute atomic E-state index is 13.3. The molecule has 1 aliphatic heterocycles. The maximum Gasteiger partial charge on any atom is 0.355 e. The standard InChI is InChI=1S/C40H32N8O20S4/c49-10-12-67-30-19-29(31(68-13-11-50)18-28(30)43-42-22-16-27-26(33(17-22)71(61,62)63)2-1-3-32(27)70(58,59)60)44-45-35-34(72(64,65)66)15-20-14-21(4-9-25(20)38(35)51)41-46-36-37(40(53)54)47-48(39(36)52)23-5-7-24(8-6-23)69(55,56)57/h1-9,14-19,36,49-51H,10-13H2,(H,53,54)(H,55,56,57)(H,58,59,60)(H,61,62,63)(H,64,65,66)/b43-42+,45-44+,46-41+. The van der Waals surface area contributed by atoms with E-state index >= 15 is 0 Å². The number of aliphatic hydroxyl groups is 2. The lowest BCUT2D eigenvalue weighted by Crippen LogP contribution is -2.33. The Labute approximate surface area is 404 Å². The Balaban J connectivity index is 1.25. The minimum atomic E-state index is -5.27. The summed E-state index contributed by atoms with van der Waals surface area (Å²) in [6.45, 7) is -1.98. The Morgan fingerprint density at radius 3 is 1.76 bits per heavy atom. The van der Waals surface area contributed by atoms with Gasteiger partial charge in [-0.3, -0.25) is 23.0 Å². The summed E-state index contributed by atoms with van der Waals surface area (Å²) in [7, 11) is -19.9. The minimum Gasteiger partial charge on any atom is -0.505 e. The number of phenols is 1. The number of hydrazone groups is 1. The lowest BCUT2D eigenvalue weighted by atomic mass is 10.1. The third-order valence-corrected chi connectivity index (χ3v) is 13.4. The van der Waals surface area contributed by atoms with Gasteiger partial charge in [0.15, 0.2) is 11.5 Å². The van der Waals surface area contributed by atoms with Crippen molar-refractivity contribution in [3.8, 4) is 17.2 Å². The summed E-state index contributed by atoms with van der Waals surface area (Å²) < 4.78 is 148. The number of carboxylic acids is 1. The second-order valence-electron chi connectivity index (χ2n) is 14.6. The molecule has 7 rings (SSSR count). The molecule has 0 spiro atoms. The van der Waals surface area contributed by atoms with Crippen molar-refractivity contribution >= 4 is 114 Å². The van der Waals surface area contributed by atoms with Crippen LogP contribution in [-0.4, -0.2) is 122 Å². The highest BCUT2D eigenvalue weighted by atomic mass is 32.2. The summed E-state index contributed by atoms with van der Waals surface area (Å²) in [5.74, 6) is -4.15. The largest absolute Gasteiger partial charge is 0.505 e. The summed E-state index contributed by atoms with van der Waals surface area (Å²) in [5.41, 5.74) is -2.85. The van der Waals surface area contributed by atoms with Crippen molar-refractivity contribution in [2.24, 2.45) is 35.8 Å². The van der Waals surface area contributed by atoms with Gasteiger partial charge in [0, 0.05) is 28.3 Å². The van der Waals surface area contributed by atoms with Gasteiger partial charge in [-0.05, 0) is 72.1 Å². The highest BCUT2D eigenvalue weighted by Gasteiger charge is 2.41. The van der Waals surface area contributed by atoms with E-state index in [2.05, 4.69) is 35.8 Å². The van der Waals surface area contributed by atoms with Gasteiger partial charge in [-0.25, -0.2) is 4.79 Å². The van der Waals surface area contributed by atoms with Gasteiger partial charge in [0.25, 0.3) is 46.4 Å². The Hall–Kier alpha value is -7.79. The van der Waals surface area contributed by atoms with Gasteiger partial charge in [0.05, 0.1) is 35.2 Å². The molecule has 0 bridgehead atoms. The number of carbonyl (C=O) groups is 2. The van der Waals surface area contributed by atoms with Crippen molar-refractivity contribution in [1.82, 2.24) is 0 Å². The number of benzene rings is 6. The molecule has 6 aromatic rings. The van der Waals surface area contributed by atoms with Gasteiger partial charge in [-0.1, -0.05) is 12.1 Å². The van der Waals surface area contributed by atoms with Crippen LogP contribution in [0.3, 0.4) is 0 Å². The minimum absolute atomic E-state index is 0.0967. The number of fused-ring (bicyclic) bond motifs is 2. The zero-order chi connectivity index (χ0) is 52.5. The van der Waals surface area contributed by atoms with Crippen LogP contribution in [0.4, 0.5) is 34.1 Å². The summed E-state index contributed by atoms with van der Waals surface area (Å²) in [6, 6.07) is 13.8. The highest BCUT2D eigenvalue weighted by Crippen LogP contribution is 2.46. The molecule has 0 aromatic heterocycles. The van der Waals surface area contributed by atoms with Crippen LogP contribution in [0.2, 0.25) is 0 Å². The van der Waals surface area contributed by atoms with E-state index in [1.54, 1.807) is 0 Å². The molecule has 72 heavy (non-hydrogen) atoms. The smallest absolute Gasteiger partial charge is 0.355 e. The van der Waals surface area contributed by atoms with E-state index in [0.717, 1.165) is 78.9 Å². The Morgan fingerprint density at radius 1 is 0.611 bits per heavy atom. The lowest BCUT2D eigenvalue weighted by Gasteiger charge is -2.13. The number of ether oxygens (including phenoxy) is 2. The number of phenolic OH excluding ortho intramolecular Hbond substituents is 1. The molecule has 0 radical (unpaired) electrons. The third-order valence-electron chi connectivity index (χ3n) is 9.84. The van der Waals surface area contributed by atoms with Crippen molar-refractivity contribution in [3.63, 3.8) is 0 Å². The molecule has 8 N–H and O–H groups in total. The van der Waals surface area contributed by atoms with Gasteiger partial charge in [-0.15, -0.1) is 15.3 Å². The van der Waals surface area contributed by atoms with Gasteiger partial charge < -0.3 is 29.9 Å². The molecule has 1 aliphatic rings. The molecule has 28 nitrogen and oxygen atoms in total. The van der Waals surface area contributed by atoms with E-state index in [9.17, 15) is 81.9 Å². The first-order chi connectivity index (χ1) is 33.8. The van der Waals surface area contributed by atoms with Crippen LogP contribution in [-0.2, 0) is 50.1 Å². The average Bonchev–Trinajstić information content (AvgIpc) is 3.65. The lowest BCUT2D eigenvalue weighted by molar-refractivity contribution is -0.130. The molecule has 6 aromatic carbocycles. The molecule has 32 heteroatoms. The number of anilines is 1. The van der Waals surface area contributed by atoms with Gasteiger partial charge in [-0.2, -0.15) is 59.1 Å². The zero-order valence-electron chi connectivity index (χ0n) is 35.8. The van der Waals surface area contributed by atoms with Crippen LogP contribution in [0.5, 0.6) is 17.2 Å². The predicted molar refractivity (Wildman–Crippen MR) is 246 cm³/mol. The van der Waals surface area contributed by atoms with Gasteiger partial charge in [0.1, 0.15) is 56.5 Å². The van der Waals surface area contributed by atoms with E-state index in [-0.39, 0.29) is 61.5 Å². The van der Waals surface area contributed by atoms with E-state index in [1.165, 1.54) is 12.1 Å². The molecule has 1 heterocycles. The van der Waals surface area contributed by atoms with E-state index in [1.807, 2.05) is 0 Å². The maximum atomic E-state index is 13.3. The first-order valence-electron chi connectivity index (χ1n) is 19.7. The number of carbonyl (C=O) groups excluding carboxylic acids is 1. The number of aliphatic hydroxyl groups excluding tert-OH is 2. The topological polar surface area (TPSA) is 441 Å². The van der Waals surface area contributed by atoms with Crippen molar-refractivity contribution in [2.45, 2.75) is 25.6 Å². The fourth-order valence-corrected chi connectivity index (χ4v) is 9.29. The number of hydrogen-bond donors (Lipinski definition) is 8. The third kappa shape index (κ3) is 11.2. The summed E-state index contributed by atoms with van der Waals surface area (Å²) in [5, 5.41) is 67.3. The Kier molecular flexibility index (Phi) is 14.6. The van der Waals surface area contributed by atoms with Crippen LogP contribution in [0.1, 0.15) is 0 Å². The number of aromatic hydroxyl groups is 1. The predicted octanol–water partition coefficient (Wildman–Crippen LogP) is 5.20. The number of carboxylic acid groups (broad SMARTS) is 1. The molecule has 1 amide bonds. The SMILES string of the molecule is O=C(O)C1=NN(c2ccc(S(=O)(=O)O)cc2)C(=O)C1/N=N/c1ccc2c(O)c(/N=N/c3cc(OCCO)c(/N=N/c4cc(S(=O)(=O)O)c5cccc(S(=O)(=O)O)c5c4)cc3OCCO)c(S(=O)(=O)O)cc2c1. The first-order valence-corrected chi connectivity index (χ1v) is 25.5. The second kappa shape index (κ2) is 20.1. The Morgan fingerprint density at radius 2 is 1.21 bits per heavy atom. The fourth-order valence-electron chi connectivity index (χ4n) is 6.73. The molecule has 376 valence electrons. The zero-order valence-corrected chi connectivity index (χ0v) is 39.0. The first kappa shape index (κ1) is 52.0. The van der Waals surface area contributed by atoms with Crippen LogP contribution in [0.25, 0.3) is 21.5 Å². The quantitative estimate of drug-likeness (QED) is 0.0405. The average molecular weight is 1070 g/mol. The molecule has 0 saturated carbocycles. The summed E-state index contributed by atoms with van der Waals surface area (Å²) >= 11 is 0. The number of aliphatic carboxylic acids is 1. The molecular weight excluding hydrogens is 1040 g/mol. The molecule has 0 fully saturated rings. The number of hydrogen-bond acceptors (Lipinski definition) is 22. The van der Waals surface area contributed by atoms with Crippen molar-refractivity contribution in [1.29, 1.82) is 0 Å². The van der Waals surface area contributed by atoms with E-state index in [0.29, 0.717) is 5.01 Å². The van der Waals surface area contributed by atoms with Crippen molar-refractivity contribution < 1.29 is 91.4 Å². The van der Waals surface area contributed by atoms with E-state index in [4.69, 9.17) is 9.47 Å². The summed E-state index contributed by atoms with van der Waals surface area (Å²) in [4.78, 5) is 22.2. The van der Waals surface area contributed by atoms with Crippen LogP contribution < -0.4 is 14.5 Å². The van der Waals surface area contributed by atoms with Gasteiger partial charge >= 0.3 is 5.97 Å². The molecule has 1 unspecified atom stereocenters. The second-order valence-corrected chi connectivity index (χ2v) is 20.1. The normalized spacial score (nSPS) is 14.9. The molecule has 0 aliphatic carbocycles. The molecular formula is C40H32N8O20S4. The number of rotatable bonds is 18. The fraction of sp³-hybridized carbons (Fsp3) is 0.125. The summed E-state index contributed by atoms with van der Waals surface area (Å²) in [6.07, 6.45) is 0. The van der Waals surface area contributed by atoms with Crippen LogP contribution in [0, 0.1) is 0 Å². The number of amides is 1. The monoisotopic (exact) mass is 1070 g/mol. The van der Waals surface area contributed by atoms with E-state index < -0.39 is 122 Å². The van der Waals surface area contributed by atoms with Crippen LogP contribution in [0.15, 0.2) is 146 Å². The van der Waals surface area contributed by atoms with Crippen molar-refractivity contribution in [2.75, 3.05) is 31.4 Å². The number of nitrogens with zero attached hydrogens (tertiary/aromatic N) is 8. The Bertz CT molecular complexity index is 3810. The molecule has 1 atom stereocenters. The van der Waals surface area contributed by atoms with Gasteiger partial charge in [0.2, 0.25) is 6.04 Å². The number of azo groups is 3. The highest BCUT2D eigenvalue weighted by molar-refractivity contribution is 7.87.